The molecule has 0 fully saturated rings. The number of hydrogen-bond donors (Lipinski definition) is 1. The molecule has 0 aromatic heterocycles. The van der Waals surface area contributed by atoms with Crippen molar-refractivity contribution in [1.82, 2.24) is 5.32 Å². The highest BCUT2D eigenvalue weighted by Crippen LogP contribution is 2.13. The van der Waals surface area contributed by atoms with Crippen molar-refractivity contribution >= 4 is 0 Å². The van der Waals surface area contributed by atoms with Crippen LogP contribution in [0.25, 0.3) is 0 Å². The van der Waals surface area contributed by atoms with Gasteiger partial charge in [0.15, 0.2) is 0 Å². The summed E-state index contributed by atoms with van der Waals surface area (Å²) < 4.78 is 16.5. The molecule has 1 N–H and O–H groups in total. The van der Waals surface area contributed by atoms with Gasteiger partial charge in [-0.05, 0) is 45.0 Å². The minimum atomic E-state index is -0.121. The van der Waals surface area contributed by atoms with Crippen molar-refractivity contribution in [3.8, 4) is 5.75 Å². The zero-order valence-electron chi connectivity index (χ0n) is 13.1. The van der Waals surface area contributed by atoms with E-state index < -0.39 is 0 Å². The zero-order chi connectivity index (χ0) is 14.8. The smallest absolute Gasteiger partial charge is 0.119 e. The third-order valence-corrected chi connectivity index (χ3v) is 3.20. The monoisotopic (exact) mass is 281 g/mol. The quantitative estimate of drug-likeness (QED) is 0.669. The Bertz CT molecular complexity index is 362. The van der Waals surface area contributed by atoms with E-state index in [0.29, 0.717) is 19.8 Å². The molecule has 0 saturated carbocycles. The standard InChI is InChI=1S/C16H27NO3/c1-16(2,18-4)9-10-19-11-12-20-15-7-5-14(6-8-15)13-17-3/h5-8,17H,9-13H2,1-4H3. The molecule has 1 rings (SSSR count). The molecule has 0 unspecified atom stereocenters. The van der Waals surface area contributed by atoms with Gasteiger partial charge in [0.2, 0.25) is 0 Å². The molecular weight excluding hydrogens is 254 g/mol. The molecule has 114 valence electrons. The average Bonchev–Trinajstić information content (AvgIpc) is 2.45. The maximum Gasteiger partial charge on any atom is 0.119 e. The topological polar surface area (TPSA) is 39.7 Å². The van der Waals surface area contributed by atoms with E-state index in [1.54, 1.807) is 7.11 Å². The van der Waals surface area contributed by atoms with Crippen LogP contribution in [0.3, 0.4) is 0 Å². The van der Waals surface area contributed by atoms with Crippen LogP contribution in [0.1, 0.15) is 25.8 Å². The maximum atomic E-state index is 5.62. The summed E-state index contributed by atoms with van der Waals surface area (Å²) in [5.41, 5.74) is 1.13. The first-order valence-electron chi connectivity index (χ1n) is 7.06. The van der Waals surface area contributed by atoms with Crippen LogP contribution >= 0.6 is 0 Å². The summed E-state index contributed by atoms with van der Waals surface area (Å²) in [4.78, 5) is 0. The van der Waals surface area contributed by atoms with Gasteiger partial charge in [-0.2, -0.15) is 0 Å². The van der Waals surface area contributed by atoms with E-state index in [2.05, 4.69) is 31.3 Å². The number of hydrogen-bond acceptors (Lipinski definition) is 4. The molecule has 1 aromatic carbocycles. The maximum absolute atomic E-state index is 5.62. The molecule has 1 aromatic rings. The van der Waals surface area contributed by atoms with Gasteiger partial charge in [-0.3, -0.25) is 0 Å². The summed E-state index contributed by atoms with van der Waals surface area (Å²) in [6, 6.07) is 8.10. The highest BCUT2D eigenvalue weighted by Gasteiger charge is 2.15. The van der Waals surface area contributed by atoms with Crippen LogP contribution in [0.15, 0.2) is 24.3 Å². The van der Waals surface area contributed by atoms with Crippen molar-refractivity contribution in [1.29, 1.82) is 0 Å². The SMILES string of the molecule is CNCc1ccc(OCCOCCC(C)(C)OC)cc1. The zero-order valence-corrected chi connectivity index (χ0v) is 13.1. The molecule has 0 atom stereocenters. The lowest BCUT2D eigenvalue weighted by Crippen LogP contribution is -2.24. The van der Waals surface area contributed by atoms with Gasteiger partial charge in [0.25, 0.3) is 0 Å². The predicted octanol–water partition coefficient (Wildman–Crippen LogP) is 2.62. The Labute approximate surface area is 122 Å². The normalized spacial score (nSPS) is 11.6. The Morgan fingerprint density at radius 3 is 2.35 bits per heavy atom. The molecule has 20 heavy (non-hydrogen) atoms. The first-order valence-corrected chi connectivity index (χ1v) is 7.06. The van der Waals surface area contributed by atoms with Crippen molar-refractivity contribution in [2.24, 2.45) is 0 Å². The fourth-order valence-electron chi connectivity index (χ4n) is 1.65. The van der Waals surface area contributed by atoms with Gasteiger partial charge in [0.1, 0.15) is 12.4 Å². The van der Waals surface area contributed by atoms with E-state index in [1.807, 2.05) is 19.2 Å². The molecular formula is C16H27NO3. The number of rotatable bonds is 10. The first kappa shape index (κ1) is 17.0. The highest BCUT2D eigenvalue weighted by atomic mass is 16.5. The Hall–Kier alpha value is -1.10. The molecule has 0 heterocycles. The van der Waals surface area contributed by atoms with Gasteiger partial charge >= 0.3 is 0 Å². The first-order chi connectivity index (χ1) is 9.57. The second-order valence-electron chi connectivity index (χ2n) is 5.35. The van der Waals surface area contributed by atoms with Crippen LogP contribution < -0.4 is 10.1 Å². The summed E-state index contributed by atoms with van der Waals surface area (Å²) in [6.45, 7) is 6.83. The highest BCUT2D eigenvalue weighted by molar-refractivity contribution is 5.27. The minimum absolute atomic E-state index is 0.121. The summed E-state index contributed by atoms with van der Waals surface area (Å²) in [6.07, 6.45) is 0.877. The van der Waals surface area contributed by atoms with Gasteiger partial charge in [-0.15, -0.1) is 0 Å². The Kier molecular flexibility index (Phi) is 7.59. The number of methoxy groups -OCH3 is 1. The molecule has 4 heteroatoms. The van der Waals surface area contributed by atoms with Crippen molar-refractivity contribution in [2.75, 3.05) is 34.0 Å². The largest absolute Gasteiger partial charge is 0.491 e. The molecule has 0 saturated heterocycles. The molecule has 0 spiro atoms. The lowest BCUT2D eigenvalue weighted by Gasteiger charge is -2.22. The van der Waals surface area contributed by atoms with Crippen LogP contribution in [0.5, 0.6) is 5.75 Å². The van der Waals surface area contributed by atoms with E-state index in [9.17, 15) is 0 Å². The van der Waals surface area contributed by atoms with Crippen molar-refractivity contribution in [3.63, 3.8) is 0 Å². The van der Waals surface area contributed by atoms with Crippen LogP contribution in [-0.4, -0.2) is 39.6 Å². The Morgan fingerprint density at radius 1 is 1.05 bits per heavy atom. The predicted molar refractivity (Wildman–Crippen MR) is 81.2 cm³/mol. The number of benzene rings is 1. The molecule has 0 bridgehead atoms. The van der Waals surface area contributed by atoms with Crippen LogP contribution in [0, 0.1) is 0 Å². The van der Waals surface area contributed by atoms with E-state index in [1.165, 1.54) is 5.56 Å². The average molecular weight is 281 g/mol. The van der Waals surface area contributed by atoms with Gasteiger partial charge in [-0.1, -0.05) is 12.1 Å². The third-order valence-electron chi connectivity index (χ3n) is 3.20. The number of nitrogens with one attached hydrogen (secondary N) is 1. The van der Waals surface area contributed by atoms with Crippen LogP contribution in [0.4, 0.5) is 0 Å². The van der Waals surface area contributed by atoms with E-state index in [0.717, 1.165) is 18.7 Å². The fraction of sp³-hybridized carbons (Fsp3) is 0.625. The lowest BCUT2D eigenvalue weighted by molar-refractivity contribution is -0.0128. The van der Waals surface area contributed by atoms with Crippen molar-refractivity contribution < 1.29 is 14.2 Å². The second kappa shape index (κ2) is 8.95. The summed E-state index contributed by atoms with van der Waals surface area (Å²) in [5, 5.41) is 3.12. The lowest BCUT2D eigenvalue weighted by atomic mass is 10.1. The van der Waals surface area contributed by atoms with Gasteiger partial charge in [0, 0.05) is 20.3 Å². The third kappa shape index (κ3) is 6.89. The molecule has 0 amide bonds. The van der Waals surface area contributed by atoms with E-state index in [-0.39, 0.29) is 5.60 Å². The molecule has 0 aliphatic rings. The van der Waals surface area contributed by atoms with Gasteiger partial charge in [-0.25, -0.2) is 0 Å². The Morgan fingerprint density at radius 2 is 1.75 bits per heavy atom. The van der Waals surface area contributed by atoms with Crippen molar-refractivity contribution in [2.45, 2.75) is 32.4 Å². The van der Waals surface area contributed by atoms with E-state index in [4.69, 9.17) is 14.2 Å². The fourth-order valence-corrected chi connectivity index (χ4v) is 1.65. The molecule has 0 radical (unpaired) electrons. The Balaban J connectivity index is 2.12. The minimum Gasteiger partial charge on any atom is -0.491 e. The summed E-state index contributed by atoms with van der Waals surface area (Å²) in [5.74, 6) is 0.880. The number of ether oxygens (including phenoxy) is 3. The van der Waals surface area contributed by atoms with Crippen LogP contribution in [0.2, 0.25) is 0 Å². The molecule has 0 aliphatic carbocycles. The second-order valence-corrected chi connectivity index (χ2v) is 5.35. The van der Waals surface area contributed by atoms with Crippen molar-refractivity contribution in [3.05, 3.63) is 29.8 Å². The molecule has 0 aliphatic heterocycles. The van der Waals surface area contributed by atoms with E-state index >= 15 is 0 Å². The van der Waals surface area contributed by atoms with Gasteiger partial charge in [0.05, 0.1) is 12.2 Å². The summed E-state index contributed by atoms with van der Waals surface area (Å²) >= 11 is 0. The summed E-state index contributed by atoms with van der Waals surface area (Å²) in [7, 11) is 3.66. The molecule has 4 nitrogen and oxygen atoms in total. The van der Waals surface area contributed by atoms with Crippen LogP contribution in [-0.2, 0) is 16.0 Å². The van der Waals surface area contributed by atoms with Gasteiger partial charge < -0.3 is 19.5 Å².